The lowest BCUT2D eigenvalue weighted by molar-refractivity contribution is 0.102. The molecule has 0 saturated carbocycles. The molecular formula is C16H17IN2O. The van der Waals surface area contributed by atoms with E-state index in [0.29, 0.717) is 5.56 Å². The average molecular weight is 380 g/mol. The second-order valence-electron chi connectivity index (χ2n) is 4.86. The van der Waals surface area contributed by atoms with Crippen molar-refractivity contribution in [1.29, 1.82) is 0 Å². The molecule has 1 N–H and O–H groups in total. The van der Waals surface area contributed by atoms with E-state index in [1.165, 1.54) is 5.56 Å². The van der Waals surface area contributed by atoms with Crippen molar-refractivity contribution in [1.82, 2.24) is 0 Å². The molecule has 4 heteroatoms. The maximum Gasteiger partial charge on any atom is 0.255 e. The first-order valence-electron chi connectivity index (χ1n) is 6.32. The van der Waals surface area contributed by atoms with Gasteiger partial charge in [0.25, 0.3) is 5.91 Å². The number of hydrogen-bond acceptors (Lipinski definition) is 2. The molecule has 0 spiro atoms. The molecule has 2 aromatic carbocycles. The molecule has 0 bridgehead atoms. The minimum absolute atomic E-state index is 0.0895. The molecule has 0 fully saturated rings. The van der Waals surface area contributed by atoms with Gasteiger partial charge in [-0.1, -0.05) is 12.1 Å². The van der Waals surface area contributed by atoms with Gasteiger partial charge in [-0.05, 0) is 65.4 Å². The number of nitrogens with one attached hydrogen (secondary N) is 1. The molecule has 0 unspecified atom stereocenters. The highest BCUT2D eigenvalue weighted by atomic mass is 127. The van der Waals surface area contributed by atoms with E-state index < -0.39 is 0 Å². The first kappa shape index (κ1) is 14.8. The zero-order chi connectivity index (χ0) is 14.7. The standard InChI is InChI=1S/C16H17IN2O/c1-11-7-8-13(10-15(11)17)18-16(20)12-5-4-6-14(9-12)19(2)3/h4-10H,1-3H3,(H,18,20). The number of aryl methyl sites for hydroxylation is 1. The third-order valence-electron chi connectivity index (χ3n) is 3.05. The van der Waals surface area contributed by atoms with Gasteiger partial charge < -0.3 is 10.2 Å². The van der Waals surface area contributed by atoms with Crippen LogP contribution in [0.1, 0.15) is 15.9 Å². The van der Waals surface area contributed by atoms with Gasteiger partial charge in [0.2, 0.25) is 0 Å². The fourth-order valence-corrected chi connectivity index (χ4v) is 2.31. The van der Waals surface area contributed by atoms with E-state index in [4.69, 9.17) is 0 Å². The van der Waals surface area contributed by atoms with E-state index in [9.17, 15) is 4.79 Å². The smallest absolute Gasteiger partial charge is 0.255 e. The van der Waals surface area contributed by atoms with Crippen LogP contribution in [0, 0.1) is 10.5 Å². The number of rotatable bonds is 3. The summed E-state index contributed by atoms with van der Waals surface area (Å²) >= 11 is 2.27. The van der Waals surface area contributed by atoms with Gasteiger partial charge >= 0.3 is 0 Å². The van der Waals surface area contributed by atoms with Crippen LogP contribution in [0.25, 0.3) is 0 Å². The van der Waals surface area contributed by atoms with Crippen LogP contribution >= 0.6 is 22.6 Å². The maximum absolute atomic E-state index is 12.3. The zero-order valence-corrected chi connectivity index (χ0v) is 13.9. The molecule has 104 valence electrons. The molecule has 2 aromatic rings. The lowest BCUT2D eigenvalue weighted by Gasteiger charge is -2.13. The van der Waals surface area contributed by atoms with Crippen LogP contribution in [0.15, 0.2) is 42.5 Å². The van der Waals surface area contributed by atoms with Crippen LogP contribution in [0.4, 0.5) is 11.4 Å². The van der Waals surface area contributed by atoms with E-state index in [0.717, 1.165) is 14.9 Å². The molecular weight excluding hydrogens is 363 g/mol. The van der Waals surface area contributed by atoms with Gasteiger partial charge in [0.15, 0.2) is 0 Å². The molecule has 0 saturated heterocycles. The van der Waals surface area contributed by atoms with Crippen LogP contribution in [0.3, 0.4) is 0 Å². The highest BCUT2D eigenvalue weighted by Gasteiger charge is 2.08. The van der Waals surface area contributed by atoms with Crippen molar-refractivity contribution in [3.63, 3.8) is 0 Å². The summed E-state index contributed by atoms with van der Waals surface area (Å²) in [7, 11) is 3.92. The Morgan fingerprint density at radius 2 is 1.90 bits per heavy atom. The van der Waals surface area contributed by atoms with Crippen molar-refractivity contribution in [3.05, 3.63) is 57.2 Å². The Morgan fingerprint density at radius 3 is 2.55 bits per heavy atom. The van der Waals surface area contributed by atoms with Crippen molar-refractivity contribution in [2.24, 2.45) is 0 Å². The lowest BCUT2D eigenvalue weighted by atomic mass is 10.1. The molecule has 3 nitrogen and oxygen atoms in total. The van der Waals surface area contributed by atoms with Crippen LogP contribution in [-0.2, 0) is 0 Å². The van der Waals surface area contributed by atoms with E-state index >= 15 is 0 Å². The van der Waals surface area contributed by atoms with E-state index in [1.807, 2.05) is 68.4 Å². The summed E-state index contributed by atoms with van der Waals surface area (Å²) in [5.74, 6) is -0.0895. The monoisotopic (exact) mass is 380 g/mol. The van der Waals surface area contributed by atoms with Crippen LogP contribution < -0.4 is 10.2 Å². The van der Waals surface area contributed by atoms with Crippen molar-refractivity contribution in [2.75, 3.05) is 24.3 Å². The van der Waals surface area contributed by atoms with Crippen LogP contribution in [0.5, 0.6) is 0 Å². The highest BCUT2D eigenvalue weighted by molar-refractivity contribution is 14.1. The second-order valence-corrected chi connectivity index (χ2v) is 6.03. The molecule has 2 rings (SSSR count). The van der Waals surface area contributed by atoms with Gasteiger partial charge in [0, 0.05) is 34.6 Å². The number of hydrogen-bond donors (Lipinski definition) is 1. The first-order chi connectivity index (χ1) is 9.47. The third kappa shape index (κ3) is 3.50. The number of amides is 1. The Balaban J connectivity index is 2.19. The van der Waals surface area contributed by atoms with Crippen molar-refractivity contribution in [2.45, 2.75) is 6.92 Å². The Bertz CT molecular complexity index is 638. The summed E-state index contributed by atoms with van der Waals surface area (Å²) in [6.07, 6.45) is 0. The van der Waals surface area contributed by atoms with E-state index in [2.05, 4.69) is 27.9 Å². The Labute approximate surface area is 133 Å². The Kier molecular flexibility index (Phi) is 4.65. The SMILES string of the molecule is Cc1ccc(NC(=O)c2cccc(N(C)C)c2)cc1I. The van der Waals surface area contributed by atoms with Crippen molar-refractivity contribution < 1.29 is 4.79 Å². The molecule has 0 aliphatic heterocycles. The minimum Gasteiger partial charge on any atom is -0.378 e. The molecule has 0 aliphatic rings. The summed E-state index contributed by atoms with van der Waals surface area (Å²) in [5, 5.41) is 2.93. The first-order valence-corrected chi connectivity index (χ1v) is 7.40. The number of benzene rings is 2. The Morgan fingerprint density at radius 1 is 1.15 bits per heavy atom. The number of carbonyl (C=O) groups is 1. The number of anilines is 2. The summed E-state index contributed by atoms with van der Waals surface area (Å²) in [4.78, 5) is 14.2. The molecule has 0 heterocycles. The van der Waals surface area contributed by atoms with E-state index in [-0.39, 0.29) is 5.91 Å². The number of nitrogens with zero attached hydrogens (tertiary/aromatic N) is 1. The quantitative estimate of drug-likeness (QED) is 0.819. The molecule has 0 radical (unpaired) electrons. The maximum atomic E-state index is 12.3. The lowest BCUT2D eigenvalue weighted by Crippen LogP contribution is -2.14. The van der Waals surface area contributed by atoms with Gasteiger partial charge in [0.05, 0.1) is 0 Å². The fourth-order valence-electron chi connectivity index (χ4n) is 1.80. The fraction of sp³-hybridized carbons (Fsp3) is 0.188. The van der Waals surface area contributed by atoms with Gasteiger partial charge in [-0.2, -0.15) is 0 Å². The molecule has 1 amide bonds. The molecule has 0 aliphatic carbocycles. The topological polar surface area (TPSA) is 32.3 Å². The molecule has 0 aromatic heterocycles. The van der Waals surface area contributed by atoms with Crippen molar-refractivity contribution in [3.8, 4) is 0 Å². The van der Waals surface area contributed by atoms with Crippen LogP contribution in [-0.4, -0.2) is 20.0 Å². The predicted octanol–water partition coefficient (Wildman–Crippen LogP) is 3.92. The van der Waals surface area contributed by atoms with E-state index in [1.54, 1.807) is 0 Å². The van der Waals surface area contributed by atoms with Gasteiger partial charge in [0.1, 0.15) is 0 Å². The minimum atomic E-state index is -0.0895. The molecule has 20 heavy (non-hydrogen) atoms. The van der Waals surface area contributed by atoms with Gasteiger partial charge in [-0.3, -0.25) is 4.79 Å². The van der Waals surface area contributed by atoms with Gasteiger partial charge in [-0.25, -0.2) is 0 Å². The van der Waals surface area contributed by atoms with Gasteiger partial charge in [-0.15, -0.1) is 0 Å². The largest absolute Gasteiger partial charge is 0.378 e. The zero-order valence-electron chi connectivity index (χ0n) is 11.8. The highest BCUT2D eigenvalue weighted by Crippen LogP contribution is 2.19. The third-order valence-corrected chi connectivity index (χ3v) is 4.22. The van der Waals surface area contributed by atoms with Crippen molar-refractivity contribution >= 4 is 39.9 Å². The molecule has 0 atom stereocenters. The van der Waals surface area contributed by atoms with Crippen LogP contribution in [0.2, 0.25) is 0 Å². The summed E-state index contributed by atoms with van der Waals surface area (Å²) in [6.45, 7) is 2.05. The predicted molar refractivity (Wildman–Crippen MR) is 92.6 cm³/mol. The second kappa shape index (κ2) is 6.26. The number of carbonyl (C=O) groups excluding carboxylic acids is 1. The number of halogens is 1. The summed E-state index contributed by atoms with van der Waals surface area (Å²) in [5.41, 5.74) is 3.70. The Hall–Kier alpha value is -1.56. The normalized spacial score (nSPS) is 10.2. The summed E-state index contributed by atoms with van der Waals surface area (Å²) in [6, 6.07) is 13.5. The summed E-state index contributed by atoms with van der Waals surface area (Å²) < 4.78 is 1.14. The average Bonchev–Trinajstić information content (AvgIpc) is 2.43.